The van der Waals surface area contributed by atoms with Crippen LogP contribution < -0.4 is 5.32 Å². The maximum atomic E-state index is 3.66. The Labute approximate surface area is 121 Å². The first kappa shape index (κ1) is 17.0. The fraction of sp³-hybridized carbons (Fsp3) is 1.00. The molecule has 0 amide bonds. The summed E-state index contributed by atoms with van der Waals surface area (Å²) in [6.45, 7) is 21.5. The van der Waals surface area contributed by atoms with E-state index in [1.807, 2.05) is 0 Å². The van der Waals surface area contributed by atoms with Crippen molar-refractivity contribution in [1.82, 2.24) is 10.2 Å². The first-order chi connectivity index (χ1) is 8.66. The van der Waals surface area contributed by atoms with E-state index in [2.05, 4.69) is 58.7 Å². The van der Waals surface area contributed by atoms with Crippen molar-refractivity contribution in [1.29, 1.82) is 0 Å². The van der Waals surface area contributed by atoms with Gasteiger partial charge in [0.15, 0.2) is 0 Å². The highest BCUT2D eigenvalue weighted by Gasteiger charge is 2.35. The van der Waals surface area contributed by atoms with E-state index in [0.717, 1.165) is 12.5 Å². The lowest BCUT2D eigenvalue weighted by molar-refractivity contribution is 0.149. The molecule has 114 valence electrons. The number of nitrogens with zero attached hydrogens (tertiary/aromatic N) is 1. The molecule has 2 nitrogen and oxygen atoms in total. The van der Waals surface area contributed by atoms with Gasteiger partial charge in [0.25, 0.3) is 0 Å². The van der Waals surface area contributed by atoms with Gasteiger partial charge < -0.3 is 10.2 Å². The molecule has 0 spiro atoms. The number of rotatable bonds is 6. The fourth-order valence-electron chi connectivity index (χ4n) is 3.03. The predicted octanol–water partition coefficient (Wildman–Crippen LogP) is 3.77. The summed E-state index contributed by atoms with van der Waals surface area (Å²) in [7, 11) is 0. The molecule has 1 rings (SSSR count). The first-order valence-electron chi connectivity index (χ1n) is 8.12. The van der Waals surface area contributed by atoms with Gasteiger partial charge in [-0.1, -0.05) is 41.5 Å². The van der Waals surface area contributed by atoms with Gasteiger partial charge in [-0.2, -0.15) is 0 Å². The zero-order chi connectivity index (χ0) is 14.7. The number of hydrogen-bond donors (Lipinski definition) is 1. The SMILES string of the molecule is CCCNC(C)C(C)(C)CN1CCC(C(C)(C)C)C1. The van der Waals surface area contributed by atoms with Gasteiger partial charge in [-0.3, -0.25) is 0 Å². The standard InChI is InChI=1S/C17H36N2/c1-8-10-18-14(2)17(6,7)13-19-11-9-15(12-19)16(3,4)5/h14-15,18H,8-13H2,1-7H3. The second-order valence-electron chi connectivity index (χ2n) is 8.25. The van der Waals surface area contributed by atoms with Crippen molar-refractivity contribution in [2.24, 2.45) is 16.7 Å². The monoisotopic (exact) mass is 268 g/mol. The van der Waals surface area contributed by atoms with E-state index >= 15 is 0 Å². The summed E-state index contributed by atoms with van der Waals surface area (Å²) in [5, 5.41) is 3.66. The molecule has 2 unspecified atom stereocenters. The third-order valence-electron chi connectivity index (χ3n) is 5.00. The summed E-state index contributed by atoms with van der Waals surface area (Å²) < 4.78 is 0. The van der Waals surface area contributed by atoms with Crippen molar-refractivity contribution in [3.63, 3.8) is 0 Å². The Bertz CT molecular complexity index is 265. The fourth-order valence-corrected chi connectivity index (χ4v) is 3.03. The van der Waals surface area contributed by atoms with E-state index in [9.17, 15) is 0 Å². The zero-order valence-corrected chi connectivity index (χ0v) is 14.3. The molecule has 1 aliphatic rings. The van der Waals surface area contributed by atoms with Crippen LogP contribution >= 0.6 is 0 Å². The molecule has 0 aliphatic carbocycles. The molecule has 1 heterocycles. The molecule has 0 aromatic rings. The van der Waals surface area contributed by atoms with Gasteiger partial charge in [0.05, 0.1) is 0 Å². The first-order valence-corrected chi connectivity index (χ1v) is 8.12. The Morgan fingerprint density at radius 2 is 1.84 bits per heavy atom. The highest BCUT2D eigenvalue weighted by molar-refractivity contribution is 4.89. The third kappa shape index (κ3) is 5.07. The van der Waals surface area contributed by atoms with E-state index in [1.54, 1.807) is 0 Å². The van der Waals surface area contributed by atoms with Crippen molar-refractivity contribution in [3.05, 3.63) is 0 Å². The molecular formula is C17H36N2. The Balaban J connectivity index is 2.46. The molecule has 19 heavy (non-hydrogen) atoms. The maximum absolute atomic E-state index is 3.66. The average molecular weight is 268 g/mol. The van der Waals surface area contributed by atoms with Gasteiger partial charge in [-0.05, 0) is 49.6 Å². The van der Waals surface area contributed by atoms with Crippen molar-refractivity contribution < 1.29 is 0 Å². The Kier molecular flexibility index (Phi) is 5.88. The third-order valence-corrected chi connectivity index (χ3v) is 5.00. The van der Waals surface area contributed by atoms with Crippen LogP contribution in [0.3, 0.4) is 0 Å². The van der Waals surface area contributed by atoms with E-state index in [0.29, 0.717) is 16.9 Å². The van der Waals surface area contributed by atoms with Crippen molar-refractivity contribution in [2.45, 2.75) is 67.3 Å². The van der Waals surface area contributed by atoms with E-state index < -0.39 is 0 Å². The largest absolute Gasteiger partial charge is 0.314 e. The lowest BCUT2D eigenvalue weighted by atomic mass is 9.80. The van der Waals surface area contributed by atoms with Crippen LogP contribution in [0.5, 0.6) is 0 Å². The van der Waals surface area contributed by atoms with Gasteiger partial charge in [0, 0.05) is 19.1 Å². The van der Waals surface area contributed by atoms with Gasteiger partial charge >= 0.3 is 0 Å². The van der Waals surface area contributed by atoms with Crippen molar-refractivity contribution in [2.75, 3.05) is 26.2 Å². The molecule has 2 heteroatoms. The molecule has 1 N–H and O–H groups in total. The predicted molar refractivity (Wildman–Crippen MR) is 85.5 cm³/mol. The van der Waals surface area contributed by atoms with Gasteiger partial charge in [0.1, 0.15) is 0 Å². The van der Waals surface area contributed by atoms with Crippen LogP contribution in [0, 0.1) is 16.7 Å². The Morgan fingerprint density at radius 1 is 1.21 bits per heavy atom. The second-order valence-corrected chi connectivity index (χ2v) is 8.25. The van der Waals surface area contributed by atoms with Crippen molar-refractivity contribution >= 4 is 0 Å². The topological polar surface area (TPSA) is 15.3 Å². The molecule has 0 aromatic heterocycles. The molecule has 1 fully saturated rings. The normalized spacial score (nSPS) is 23.8. The molecule has 0 saturated carbocycles. The van der Waals surface area contributed by atoms with E-state index in [-0.39, 0.29) is 0 Å². The summed E-state index contributed by atoms with van der Waals surface area (Å²) in [6.07, 6.45) is 2.59. The van der Waals surface area contributed by atoms with Gasteiger partial charge in [-0.25, -0.2) is 0 Å². The minimum absolute atomic E-state index is 0.349. The summed E-state index contributed by atoms with van der Waals surface area (Å²) in [6, 6.07) is 0.584. The number of hydrogen-bond acceptors (Lipinski definition) is 2. The Hall–Kier alpha value is -0.0800. The number of likely N-dealkylation sites (tertiary alicyclic amines) is 1. The van der Waals surface area contributed by atoms with Crippen LogP contribution in [0.1, 0.15) is 61.3 Å². The average Bonchev–Trinajstić information content (AvgIpc) is 2.73. The van der Waals surface area contributed by atoms with Crippen LogP contribution in [-0.2, 0) is 0 Å². The minimum Gasteiger partial charge on any atom is -0.314 e. The molecular weight excluding hydrogens is 232 g/mol. The molecule has 0 aromatic carbocycles. The molecule has 1 saturated heterocycles. The maximum Gasteiger partial charge on any atom is 0.0102 e. The van der Waals surface area contributed by atoms with E-state index in [4.69, 9.17) is 0 Å². The van der Waals surface area contributed by atoms with Crippen LogP contribution in [0.2, 0.25) is 0 Å². The molecule has 2 atom stereocenters. The lowest BCUT2D eigenvalue weighted by Crippen LogP contribution is -2.46. The number of nitrogens with one attached hydrogen (secondary N) is 1. The van der Waals surface area contributed by atoms with Crippen LogP contribution in [0.4, 0.5) is 0 Å². The minimum atomic E-state index is 0.349. The molecule has 0 radical (unpaired) electrons. The van der Waals surface area contributed by atoms with Crippen molar-refractivity contribution in [3.8, 4) is 0 Å². The van der Waals surface area contributed by atoms with Crippen LogP contribution in [0.25, 0.3) is 0 Å². The highest BCUT2D eigenvalue weighted by Crippen LogP contribution is 2.35. The van der Waals surface area contributed by atoms with Crippen LogP contribution in [0.15, 0.2) is 0 Å². The smallest absolute Gasteiger partial charge is 0.0102 e. The summed E-state index contributed by atoms with van der Waals surface area (Å²) in [5.74, 6) is 0.863. The second kappa shape index (κ2) is 6.58. The van der Waals surface area contributed by atoms with Crippen LogP contribution in [-0.4, -0.2) is 37.1 Å². The Morgan fingerprint density at radius 3 is 2.32 bits per heavy atom. The van der Waals surface area contributed by atoms with Gasteiger partial charge in [0.2, 0.25) is 0 Å². The summed E-state index contributed by atoms with van der Waals surface area (Å²) >= 11 is 0. The lowest BCUT2D eigenvalue weighted by Gasteiger charge is -2.37. The summed E-state index contributed by atoms with van der Waals surface area (Å²) in [4.78, 5) is 2.68. The van der Waals surface area contributed by atoms with Gasteiger partial charge in [-0.15, -0.1) is 0 Å². The summed E-state index contributed by atoms with van der Waals surface area (Å²) in [5.41, 5.74) is 0.812. The molecule has 1 aliphatic heterocycles. The quantitative estimate of drug-likeness (QED) is 0.789. The van der Waals surface area contributed by atoms with E-state index in [1.165, 1.54) is 32.5 Å². The molecule has 0 bridgehead atoms. The highest BCUT2D eigenvalue weighted by atomic mass is 15.2. The zero-order valence-electron chi connectivity index (χ0n) is 14.3.